The van der Waals surface area contributed by atoms with Crippen LogP contribution in [0.25, 0.3) is 0 Å². The summed E-state index contributed by atoms with van der Waals surface area (Å²) in [4.78, 5) is 10.0. The van der Waals surface area contributed by atoms with E-state index < -0.39 is 30.2 Å². The van der Waals surface area contributed by atoms with Crippen molar-refractivity contribution in [2.45, 2.75) is 23.6 Å². The van der Waals surface area contributed by atoms with Crippen LogP contribution in [0.4, 0.5) is 0 Å². The van der Waals surface area contributed by atoms with Crippen LogP contribution >= 0.6 is 12.6 Å². The van der Waals surface area contributed by atoms with Gasteiger partial charge in [-0.2, -0.15) is 12.6 Å². The highest BCUT2D eigenvalue weighted by atomic mass is 32.1. The number of carbonyl (C=O) groups excluding carboxylic acids is 1. The first-order chi connectivity index (χ1) is 5.54. The van der Waals surface area contributed by atoms with E-state index in [0.29, 0.717) is 0 Å². The summed E-state index contributed by atoms with van der Waals surface area (Å²) < 4.78 is 0. The average molecular weight is 196 g/mol. The molecule has 0 saturated heterocycles. The molecule has 0 aliphatic carbocycles. The summed E-state index contributed by atoms with van der Waals surface area (Å²) in [6.07, 6.45) is -4.09. The van der Waals surface area contributed by atoms with Crippen LogP contribution in [-0.2, 0) is 4.79 Å². The quantitative estimate of drug-likeness (QED) is 0.248. The summed E-state index contributed by atoms with van der Waals surface area (Å²) >= 11 is 3.69. The standard InChI is InChI=1S/C6H12O5S/c7-1-3(9)5(11)6(12)4(10)2-8/h2-7,9-12H,1H2/t3-,4+,5+,6-/m1/s1. The number of aldehydes is 1. The predicted molar refractivity (Wildman–Crippen MR) is 43.9 cm³/mol. The van der Waals surface area contributed by atoms with Crippen molar-refractivity contribution in [3.05, 3.63) is 0 Å². The third kappa shape index (κ3) is 3.08. The molecule has 0 heterocycles. The van der Waals surface area contributed by atoms with E-state index in [2.05, 4.69) is 12.6 Å². The fourth-order valence-corrected chi connectivity index (χ4v) is 0.887. The van der Waals surface area contributed by atoms with E-state index in [1.54, 1.807) is 0 Å². The van der Waals surface area contributed by atoms with E-state index >= 15 is 0 Å². The van der Waals surface area contributed by atoms with E-state index in [-0.39, 0.29) is 6.29 Å². The summed E-state index contributed by atoms with van der Waals surface area (Å²) in [5, 5.41) is 34.1. The fourth-order valence-electron chi connectivity index (χ4n) is 0.618. The van der Waals surface area contributed by atoms with Gasteiger partial charge in [0.25, 0.3) is 0 Å². The van der Waals surface area contributed by atoms with E-state index in [1.165, 1.54) is 0 Å². The first-order valence-corrected chi connectivity index (χ1v) is 3.84. The van der Waals surface area contributed by atoms with Crippen molar-refractivity contribution < 1.29 is 25.2 Å². The van der Waals surface area contributed by atoms with E-state index in [0.717, 1.165) is 0 Å². The van der Waals surface area contributed by atoms with Gasteiger partial charge in [-0.15, -0.1) is 0 Å². The Hall–Kier alpha value is -0.140. The number of carbonyl (C=O) groups is 1. The van der Waals surface area contributed by atoms with Crippen LogP contribution < -0.4 is 0 Å². The van der Waals surface area contributed by atoms with Crippen LogP contribution in [0.1, 0.15) is 0 Å². The lowest BCUT2D eigenvalue weighted by atomic mass is 10.1. The zero-order chi connectivity index (χ0) is 9.72. The topological polar surface area (TPSA) is 98.0 Å². The Bertz CT molecular complexity index is 142. The second-order valence-electron chi connectivity index (χ2n) is 2.36. The third-order valence-electron chi connectivity index (χ3n) is 1.42. The second-order valence-corrected chi connectivity index (χ2v) is 2.95. The van der Waals surface area contributed by atoms with Gasteiger partial charge < -0.3 is 25.2 Å². The molecule has 0 unspecified atom stereocenters. The molecule has 0 aromatic rings. The van der Waals surface area contributed by atoms with Crippen molar-refractivity contribution in [3.8, 4) is 0 Å². The zero-order valence-corrected chi connectivity index (χ0v) is 7.13. The maximum atomic E-state index is 10.0. The molecule has 72 valence electrons. The van der Waals surface area contributed by atoms with Gasteiger partial charge in [-0.1, -0.05) is 0 Å². The maximum absolute atomic E-state index is 10.0. The van der Waals surface area contributed by atoms with Gasteiger partial charge in [0.15, 0.2) is 0 Å². The summed E-state index contributed by atoms with van der Waals surface area (Å²) in [5.74, 6) is 0. The average Bonchev–Trinajstić information content (AvgIpc) is 2.12. The molecule has 4 N–H and O–H groups in total. The second kappa shape index (κ2) is 5.50. The van der Waals surface area contributed by atoms with Gasteiger partial charge in [0.05, 0.1) is 18.0 Å². The third-order valence-corrected chi connectivity index (χ3v) is 2.03. The normalized spacial score (nSPS) is 21.1. The summed E-state index contributed by atoms with van der Waals surface area (Å²) in [5.41, 5.74) is 0. The minimum atomic E-state index is -1.45. The molecular formula is C6H12O5S. The molecular weight excluding hydrogens is 184 g/mol. The molecule has 0 spiro atoms. The molecule has 0 aliphatic rings. The molecule has 0 aromatic heterocycles. The number of hydrogen-bond acceptors (Lipinski definition) is 6. The summed E-state index contributed by atoms with van der Waals surface area (Å²) in [6.45, 7) is -0.649. The first-order valence-electron chi connectivity index (χ1n) is 3.33. The Morgan fingerprint density at radius 3 is 2.17 bits per heavy atom. The Kier molecular flexibility index (Phi) is 5.43. The van der Waals surface area contributed by atoms with Crippen molar-refractivity contribution in [2.24, 2.45) is 0 Å². The van der Waals surface area contributed by atoms with Gasteiger partial charge in [-0.25, -0.2) is 0 Å². The van der Waals surface area contributed by atoms with Gasteiger partial charge in [0.2, 0.25) is 0 Å². The minimum Gasteiger partial charge on any atom is -0.394 e. The van der Waals surface area contributed by atoms with Crippen LogP contribution in [0.15, 0.2) is 0 Å². The lowest BCUT2D eigenvalue weighted by Gasteiger charge is -2.22. The molecule has 0 saturated carbocycles. The highest BCUT2D eigenvalue weighted by Crippen LogP contribution is 2.09. The lowest BCUT2D eigenvalue weighted by molar-refractivity contribution is -0.117. The Labute approximate surface area is 75.1 Å². The first kappa shape index (κ1) is 11.9. The molecule has 4 atom stereocenters. The van der Waals surface area contributed by atoms with Crippen LogP contribution in [-0.4, -0.2) is 56.9 Å². The summed E-state index contributed by atoms with van der Waals surface area (Å²) in [6, 6.07) is 0. The fraction of sp³-hybridized carbons (Fsp3) is 0.833. The molecule has 0 rings (SSSR count). The van der Waals surface area contributed by atoms with Gasteiger partial charge in [-0.05, 0) is 0 Å². The van der Waals surface area contributed by atoms with Crippen LogP contribution in [0, 0.1) is 0 Å². The molecule has 0 fully saturated rings. The van der Waals surface area contributed by atoms with Gasteiger partial charge in [0, 0.05) is 0 Å². The van der Waals surface area contributed by atoms with Crippen molar-refractivity contribution >= 4 is 18.9 Å². The smallest absolute Gasteiger partial charge is 0.149 e. The largest absolute Gasteiger partial charge is 0.394 e. The predicted octanol–water partition coefficient (Wildman–Crippen LogP) is -2.44. The Morgan fingerprint density at radius 2 is 1.83 bits per heavy atom. The van der Waals surface area contributed by atoms with E-state index in [1.807, 2.05) is 0 Å². The molecule has 0 aromatic carbocycles. The monoisotopic (exact) mass is 196 g/mol. The lowest BCUT2D eigenvalue weighted by Crippen LogP contribution is -2.43. The molecule has 0 bridgehead atoms. The number of rotatable bonds is 5. The number of aliphatic hydroxyl groups excluding tert-OH is 4. The Balaban J connectivity index is 4.07. The molecule has 6 heteroatoms. The molecule has 12 heavy (non-hydrogen) atoms. The van der Waals surface area contributed by atoms with Crippen molar-refractivity contribution in [1.29, 1.82) is 0 Å². The SMILES string of the molecule is O=C[C@H](O)[C@@H](S)[C@@H](O)[C@H](O)CO. The highest BCUT2D eigenvalue weighted by Gasteiger charge is 2.28. The van der Waals surface area contributed by atoms with Crippen molar-refractivity contribution in [3.63, 3.8) is 0 Å². The zero-order valence-electron chi connectivity index (χ0n) is 6.24. The van der Waals surface area contributed by atoms with E-state index in [4.69, 9.17) is 20.4 Å². The number of aliphatic hydroxyl groups is 4. The van der Waals surface area contributed by atoms with Crippen LogP contribution in [0.3, 0.4) is 0 Å². The van der Waals surface area contributed by atoms with Crippen LogP contribution in [0.5, 0.6) is 0 Å². The van der Waals surface area contributed by atoms with Gasteiger partial charge in [-0.3, -0.25) is 0 Å². The highest BCUT2D eigenvalue weighted by molar-refractivity contribution is 7.81. The van der Waals surface area contributed by atoms with Gasteiger partial charge >= 0.3 is 0 Å². The molecule has 5 nitrogen and oxygen atoms in total. The Morgan fingerprint density at radius 1 is 1.33 bits per heavy atom. The molecule has 0 amide bonds. The van der Waals surface area contributed by atoms with Crippen molar-refractivity contribution in [1.82, 2.24) is 0 Å². The number of hydrogen-bond donors (Lipinski definition) is 5. The number of thiol groups is 1. The van der Waals surface area contributed by atoms with Crippen LogP contribution in [0.2, 0.25) is 0 Å². The maximum Gasteiger partial charge on any atom is 0.149 e. The summed E-state index contributed by atoms with van der Waals surface area (Å²) in [7, 11) is 0. The molecule has 0 aliphatic heterocycles. The minimum absolute atomic E-state index is 0.199. The van der Waals surface area contributed by atoms with Crippen molar-refractivity contribution in [2.75, 3.05) is 6.61 Å². The molecule has 0 radical (unpaired) electrons. The van der Waals surface area contributed by atoms with E-state index in [9.17, 15) is 4.79 Å². The van der Waals surface area contributed by atoms with Gasteiger partial charge in [0.1, 0.15) is 18.5 Å².